The fraction of sp³-hybridized carbons (Fsp3) is 0.381. The lowest BCUT2D eigenvalue weighted by Gasteiger charge is -2.40. The van der Waals surface area contributed by atoms with Crippen LogP contribution in [0.1, 0.15) is 18.4 Å². The summed E-state index contributed by atoms with van der Waals surface area (Å²) in [6.07, 6.45) is 1.81. The minimum absolute atomic E-state index is 0.115. The summed E-state index contributed by atoms with van der Waals surface area (Å²) in [4.78, 5) is 15.4. The average molecular weight is 353 g/mol. The van der Waals surface area contributed by atoms with Crippen molar-refractivity contribution >= 4 is 17.2 Å². The quantitative estimate of drug-likeness (QED) is 0.886. The van der Waals surface area contributed by atoms with Crippen LogP contribution < -0.4 is 15.5 Å². The molecule has 2 heterocycles. The minimum atomic E-state index is -0.239. The molecule has 0 aliphatic carbocycles. The van der Waals surface area contributed by atoms with Crippen LogP contribution in [0.4, 0.5) is 15.8 Å². The maximum absolute atomic E-state index is 13.3. The number of anilines is 2. The molecule has 4 rings (SSSR count). The molecule has 1 atom stereocenters. The SMILES string of the molecule is O=C(C1CCNCC1)C1CNc2ccccc2N1Cc1ccc(F)cc1. The van der Waals surface area contributed by atoms with E-state index < -0.39 is 0 Å². The first-order valence-corrected chi connectivity index (χ1v) is 9.31. The Balaban J connectivity index is 1.63. The van der Waals surface area contributed by atoms with E-state index in [1.807, 2.05) is 24.3 Å². The number of carbonyl (C=O) groups excluding carboxylic acids is 1. The number of nitrogens with one attached hydrogen (secondary N) is 2. The molecule has 26 heavy (non-hydrogen) atoms. The van der Waals surface area contributed by atoms with Crippen LogP contribution in [0.3, 0.4) is 0 Å². The lowest BCUT2D eigenvalue weighted by molar-refractivity contribution is -0.124. The maximum atomic E-state index is 13.3. The number of piperidine rings is 1. The van der Waals surface area contributed by atoms with Crippen molar-refractivity contribution in [1.29, 1.82) is 0 Å². The molecule has 1 unspecified atom stereocenters. The summed E-state index contributed by atoms with van der Waals surface area (Å²) in [6, 6.07) is 14.4. The zero-order valence-corrected chi connectivity index (χ0v) is 14.7. The Morgan fingerprint density at radius 1 is 1.08 bits per heavy atom. The van der Waals surface area contributed by atoms with Gasteiger partial charge in [0.05, 0.1) is 11.4 Å². The van der Waals surface area contributed by atoms with Crippen molar-refractivity contribution in [2.24, 2.45) is 5.92 Å². The standard InChI is InChI=1S/C21H24FN3O/c22-17-7-5-15(6-8-17)14-25-19-4-2-1-3-18(19)24-13-20(25)21(26)16-9-11-23-12-10-16/h1-8,16,20,23-24H,9-14H2. The highest BCUT2D eigenvalue weighted by molar-refractivity contribution is 5.92. The van der Waals surface area contributed by atoms with Crippen molar-refractivity contribution in [3.05, 3.63) is 59.9 Å². The van der Waals surface area contributed by atoms with Crippen LogP contribution in [0.5, 0.6) is 0 Å². The van der Waals surface area contributed by atoms with Crippen LogP contribution in [0, 0.1) is 11.7 Å². The van der Waals surface area contributed by atoms with Gasteiger partial charge >= 0.3 is 0 Å². The highest BCUT2D eigenvalue weighted by Crippen LogP contribution is 2.34. The number of fused-ring (bicyclic) bond motifs is 1. The van der Waals surface area contributed by atoms with Crippen molar-refractivity contribution in [1.82, 2.24) is 5.32 Å². The number of nitrogens with zero attached hydrogens (tertiary/aromatic N) is 1. The van der Waals surface area contributed by atoms with Gasteiger partial charge in [0, 0.05) is 19.0 Å². The number of hydrogen-bond donors (Lipinski definition) is 2. The van der Waals surface area contributed by atoms with E-state index in [-0.39, 0.29) is 17.8 Å². The molecule has 1 fully saturated rings. The zero-order valence-electron chi connectivity index (χ0n) is 14.7. The Morgan fingerprint density at radius 2 is 1.81 bits per heavy atom. The Hall–Kier alpha value is -2.40. The van der Waals surface area contributed by atoms with Gasteiger partial charge in [-0.25, -0.2) is 4.39 Å². The van der Waals surface area contributed by atoms with Gasteiger partial charge in [0.25, 0.3) is 0 Å². The number of hydrogen-bond acceptors (Lipinski definition) is 4. The smallest absolute Gasteiger partial charge is 0.160 e. The van der Waals surface area contributed by atoms with Crippen molar-refractivity contribution in [2.45, 2.75) is 25.4 Å². The summed E-state index contributed by atoms with van der Waals surface area (Å²) in [6.45, 7) is 3.03. The molecule has 2 aromatic carbocycles. The third-order valence-electron chi connectivity index (χ3n) is 5.41. The Bertz CT molecular complexity index is 771. The van der Waals surface area contributed by atoms with Gasteiger partial charge in [0.2, 0.25) is 0 Å². The number of carbonyl (C=O) groups is 1. The van der Waals surface area contributed by atoms with Crippen molar-refractivity contribution in [3.8, 4) is 0 Å². The van der Waals surface area contributed by atoms with Crippen molar-refractivity contribution in [2.75, 3.05) is 29.9 Å². The summed E-state index contributed by atoms with van der Waals surface area (Å²) in [5, 5.41) is 6.75. The van der Waals surface area contributed by atoms with E-state index in [4.69, 9.17) is 0 Å². The highest BCUT2D eigenvalue weighted by atomic mass is 19.1. The third-order valence-corrected chi connectivity index (χ3v) is 5.41. The number of para-hydroxylation sites is 2. The summed E-state index contributed by atoms with van der Waals surface area (Å²) in [7, 11) is 0. The Morgan fingerprint density at radius 3 is 2.58 bits per heavy atom. The minimum Gasteiger partial charge on any atom is -0.381 e. The largest absolute Gasteiger partial charge is 0.381 e. The van der Waals surface area contributed by atoms with Crippen LogP contribution in [-0.2, 0) is 11.3 Å². The van der Waals surface area contributed by atoms with Crippen LogP contribution in [0.25, 0.3) is 0 Å². The summed E-state index contributed by atoms with van der Waals surface area (Å²) in [5.41, 5.74) is 3.09. The molecule has 0 bridgehead atoms. The lowest BCUT2D eigenvalue weighted by atomic mass is 9.87. The summed E-state index contributed by atoms with van der Waals surface area (Å²) >= 11 is 0. The molecule has 0 spiro atoms. The molecule has 0 radical (unpaired) electrons. The van der Waals surface area contributed by atoms with Crippen LogP contribution in [-0.4, -0.2) is 31.5 Å². The van der Waals surface area contributed by atoms with Gasteiger partial charge in [-0.1, -0.05) is 24.3 Å². The first-order valence-electron chi connectivity index (χ1n) is 9.31. The molecule has 2 aromatic rings. The second-order valence-electron chi connectivity index (χ2n) is 7.09. The van der Waals surface area contributed by atoms with Crippen LogP contribution >= 0.6 is 0 Å². The maximum Gasteiger partial charge on any atom is 0.160 e. The first kappa shape index (κ1) is 17.0. The number of benzene rings is 2. The number of halogens is 1. The first-order chi connectivity index (χ1) is 12.7. The van der Waals surface area contributed by atoms with Gasteiger partial charge in [-0.2, -0.15) is 0 Å². The lowest BCUT2D eigenvalue weighted by Crippen LogP contribution is -2.51. The van der Waals surface area contributed by atoms with Gasteiger partial charge in [-0.05, 0) is 55.8 Å². The molecule has 2 aliphatic rings. The van der Waals surface area contributed by atoms with E-state index in [1.165, 1.54) is 12.1 Å². The fourth-order valence-electron chi connectivity index (χ4n) is 3.97. The predicted molar refractivity (Wildman–Crippen MR) is 102 cm³/mol. The number of Topliss-reactive ketones (excluding diaryl/α,β-unsaturated/α-hetero) is 1. The molecular formula is C21H24FN3O. The number of rotatable bonds is 4. The van der Waals surface area contributed by atoms with E-state index in [0.717, 1.165) is 42.9 Å². The average Bonchev–Trinajstić information content (AvgIpc) is 2.70. The molecule has 0 amide bonds. The Kier molecular flexibility index (Phi) is 4.89. The molecular weight excluding hydrogens is 329 g/mol. The molecule has 1 saturated heterocycles. The Labute approximate surface area is 153 Å². The molecule has 2 N–H and O–H groups in total. The molecule has 4 nitrogen and oxygen atoms in total. The van der Waals surface area contributed by atoms with Gasteiger partial charge in [0.15, 0.2) is 5.78 Å². The van der Waals surface area contributed by atoms with E-state index in [9.17, 15) is 9.18 Å². The summed E-state index contributed by atoms with van der Waals surface area (Å²) in [5.74, 6) is 0.191. The molecule has 5 heteroatoms. The molecule has 0 aromatic heterocycles. The third kappa shape index (κ3) is 3.44. The van der Waals surface area contributed by atoms with Gasteiger partial charge in [0.1, 0.15) is 11.9 Å². The van der Waals surface area contributed by atoms with E-state index in [2.05, 4.69) is 15.5 Å². The van der Waals surface area contributed by atoms with Crippen LogP contribution in [0.2, 0.25) is 0 Å². The normalized spacial score (nSPS) is 20.3. The highest BCUT2D eigenvalue weighted by Gasteiger charge is 2.35. The van der Waals surface area contributed by atoms with Crippen molar-refractivity contribution < 1.29 is 9.18 Å². The van der Waals surface area contributed by atoms with Gasteiger partial charge in [-0.3, -0.25) is 4.79 Å². The molecule has 2 aliphatic heterocycles. The van der Waals surface area contributed by atoms with Gasteiger partial charge < -0.3 is 15.5 Å². The predicted octanol–water partition coefficient (Wildman–Crippen LogP) is 3.20. The second kappa shape index (κ2) is 7.46. The zero-order chi connectivity index (χ0) is 17.9. The van der Waals surface area contributed by atoms with E-state index in [1.54, 1.807) is 12.1 Å². The molecule has 0 saturated carbocycles. The van der Waals surface area contributed by atoms with Crippen LogP contribution in [0.15, 0.2) is 48.5 Å². The topological polar surface area (TPSA) is 44.4 Å². The van der Waals surface area contributed by atoms with Crippen molar-refractivity contribution in [3.63, 3.8) is 0 Å². The van der Waals surface area contributed by atoms with Gasteiger partial charge in [-0.15, -0.1) is 0 Å². The van der Waals surface area contributed by atoms with E-state index >= 15 is 0 Å². The monoisotopic (exact) mass is 353 g/mol. The number of ketones is 1. The molecule has 136 valence electrons. The second-order valence-corrected chi connectivity index (χ2v) is 7.09. The van der Waals surface area contributed by atoms with E-state index in [0.29, 0.717) is 18.9 Å². The summed E-state index contributed by atoms with van der Waals surface area (Å²) < 4.78 is 13.3. The fourth-order valence-corrected chi connectivity index (χ4v) is 3.97.